The Balaban J connectivity index is 3.41. The molecule has 0 atom stereocenters. The summed E-state index contributed by atoms with van der Waals surface area (Å²) in [7, 11) is 1.74. The lowest BCUT2D eigenvalue weighted by molar-refractivity contribution is -0.384. The third-order valence-corrected chi connectivity index (χ3v) is 3.30. The summed E-state index contributed by atoms with van der Waals surface area (Å²) in [5.74, 6) is 0.448. The third kappa shape index (κ3) is 2.86. The van der Waals surface area contributed by atoms with Crippen LogP contribution in [0.25, 0.3) is 0 Å². The molecule has 1 rings (SSSR count). The van der Waals surface area contributed by atoms with Gasteiger partial charge in [0, 0.05) is 13.6 Å². The van der Waals surface area contributed by atoms with Crippen LogP contribution in [0, 0.1) is 17.0 Å². The number of aryl methyl sites for hydroxylation is 2. The number of hydrogen-bond donors (Lipinski definition) is 1. The maximum absolute atomic E-state index is 11.2. The van der Waals surface area contributed by atoms with E-state index in [1.807, 2.05) is 20.8 Å². The summed E-state index contributed by atoms with van der Waals surface area (Å²) < 4.78 is 1.64. The molecule has 0 spiro atoms. The Bertz CT molecular complexity index is 468. The van der Waals surface area contributed by atoms with Gasteiger partial charge < -0.3 is 10.0 Å². The summed E-state index contributed by atoms with van der Waals surface area (Å²) in [5.41, 5.74) is -0.186. The highest BCUT2D eigenvalue weighted by Crippen LogP contribution is 2.34. The first kappa shape index (κ1) is 15.4. The van der Waals surface area contributed by atoms with Crippen LogP contribution in [0.4, 0.5) is 11.5 Å². The van der Waals surface area contributed by atoms with Crippen molar-refractivity contribution in [2.24, 2.45) is 0 Å². The fourth-order valence-corrected chi connectivity index (χ4v) is 1.87. The number of hydrogen-bond acceptors (Lipinski definition) is 5. The quantitative estimate of drug-likeness (QED) is 0.628. The van der Waals surface area contributed by atoms with Crippen LogP contribution in [0.1, 0.15) is 32.9 Å². The first-order valence-electron chi connectivity index (χ1n) is 6.32. The van der Waals surface area contributed by atoms with E-state index in [4.69, 9.17) is 0 Å². The van der Waals surface area contributed by atoms with Crippen molar-refractivity contribution in [3.63, 3.8) is 0 Å². The van der Waals surface area contributed by atoms with Gasteiger partial charge in [0.05, 0.1) is 17.1 Å². The lowest BCUT2D eigenvalue weighted by Crippen LogP contribution is -2.45. The van der Waals surface area contributed by atoms with Crippen molar-refractivity contribution in [3.8, 4) is 0 Å². The summed E-state index contributed by atoms with van der Waals surface area (Å²) in [6, 6.07) is 0. The van der Waals surface area contributed by atoms with Gasteiger partial charge in [-0.25, -0.2) is 4.68 Å². The van der Waals surface area contributed by atoms with Crippen LogP contribution in [-0.2, 0) is 6.54 Å². The van der Waals surface area contributed by atoms with Crippen molar-refractivity contribution in [3.05, 3.63) is 15.8 Å². The Labute approximate surface area is 113 Å². The molecule has 0 aliphatic carbocycles. The molecule has 108 valence electrons. The molecule has 19 heavy (non-hydrogen) atoms. The van der Waals surface area contributed by atoms with E-state index in [0.29, 0.717) is 18.1 Å². The number of aromatic nitrogens is 2. The van der Waals surface area contributed by atoms with Crippen LogP contribution < -0.4 is 4.90 Å². The van der Waals surface area contributed by atoms with Gasteiger partial charge in [0.25, 0.3) is 0 Å². The molecule has 0 radical (unpaired) electrons. The number of nitrogens with zero attached hydrogens (tertiary/aromatic N) is 4. The van der Waals surface area contributed by atoms with Gasteiger partial charge in [0.2, 0.25) is 5.82 Å². The predicted molar refractivity (Wildman–Crippen MR) is 73.5 cm³/mol. The monoisotopic (exact) mass is 270 g/mol. The molecule has 0 aliphatic rings. The van der Waals surface area contributed by atoms with Gasteiger partial charge in [-0.3, -0.25) is 10.1 Å². The van der Waals surface area contributed by atoms with E-state index in [2.05, 4.69) is 5.10 Å². The van der Waals surface area contributed by atoms with Crippen molar-refractivity contribution in [1.82, 2.24) is 9.78 Å². The summed E-state index contributed by atoms with van der Waals surface area (Å²) in [4.78, 5) is 12.6. The highest BCUT2D eigenvalue weighted by atomic mass is 16.6. The van der Waals surface area contributed by atoms with Gasteiger partial charge >= 0.3 is 5.69 Å². The number of nitro groups is 1. The van der Waals surface area contributed by atoms with Crippen molar-refractivity contribution in [2.45, 2.75) is 46.2 Å². The van der Waals surface area contributed by atoms with Crippen molar-refractivity contribution in [1.29, 1.82) is 0 Å². The topological polar surface area (TPSA) is 84.4 Å². The first-order valence-corrected chi connectivity index (χ1v) is 6.32. The molecule has 1 heterocycles. The Morgan fingerprint density at radius 3 is 2.53 bits per heavy atom. The zero-order valence-corrected chi connectivity index (χ0v) is 12.2. The molecule has 0 fully saturated rings. The van der Waals surface area contributed by atoms with Crippen molar-refractivity contribution < 1.29 is 10.0 Å². The highest BCUT2D eigenvalue weighted by molar-refractivity contribution is 5.62. The fraction of sp³-hybridized carbons (Fsp3) is 0.750. The minimum Gasteiger partial charge on any atom is -0.394 e. The van der Waals surface area contributed by atoms with E-state index < -0.39 is 10.5 Å². The minimum atomic E-state index is -0.595. The number of anilines is 1. The van der Waals surface area contributed by atoms with E-state index in [-0.39, 0.29) is 12.3 Å². The number of aliphatic hydroxyl groups excluding tert-OH is 1. The molecule has 7 heteroatoms. The zero-order valence-electron chi connectivity index (χ0n) is 12.2. The van der Waals surface area contributed by atoms with Gasteiger partial charge in [-0.2, -0.15) is 5.10 Å². The van der Waals surface area contributed by atoms with E-state index in [1.165, 1.54) is 0 Å². The molecule has 1 N–H and O–H groups in total. The molecule has 0 aromatic carbocycles. The summed E-state index contributed by atoms with van der Waals surface area (Å²) >= 11 is 0. The summed E-state index contributed by atoms with van der Waals surface area (Å²) in [5, 5.41) is 24.9. The molecule has 0 unspecified atom stereocenters. The Hall–Kier alpha value is -1.63. The van der Waals surface area contributed by atoms with Gasteiger partial charge in [-0.05, 0) is 27.2 Å². The molecule has 0 saturated heterocycles. The highest BCUT2D eigenvalue weighted by Gasteiger charge is 2.34. The number of rotatable bonds is 6. The second kappa shape index (κ2) is 5.56. The fourth-order valence-electron chi connectivity index (χ4n) is 1.87. The maximum atomic E-state index is 11.2. The van der Waals surface area contributed by atoms with E-state index in [9.17, 15) is 15.2 Å². The second-order valence-electron chi connectivity index (χ2n) is 5.27. The Kier molecular flexibility index (Phi) is 4.52. The van der Waals surface area contributed by atoms with Crippen LogP contribution >= 0.6 is 0 Å². The Morgan fingerprint density at radius 1 is 1.53 bits per heavy atom. The molecule has 7 nitrogen and oxygen atoms in total. The molecule has 0 saturated carbocycles. The normalized spacial score (nSPS) is 11.7. The van der Waals surface area contributed by atoms with E-state index in [1.54, 1.807) is 23.6 Å². The summed E-state index contributed by atoms with van der Waals surface area (Å²) in [6.07, 6.45) is 0.832. The van der Waals surface area contributed by atoms with Crippen LogP contribution in [0.3, 0.4) is 0 Å². The summed E-state index contributed by atoms with van der Waals surface area (Å²) in [6.45, 7) is 7.79. The maximum Gasteiger partial charge on any atom is 0.333 e. The predicted octanol–water partition coefficient (Wildman–Crippen LogP) is 1.72. The molecule has 0 aliphatic heterocycles. The van der Waals surface area contributed by atoms with Crippen LogP contribution in [0.5, 0.6) is 0 Å². The van der Waals surface area contributed by atoms with Gasteiger partial charge in [-0.1, -0.05) is 6.92 Å². The van der Waals surface area contributed by atoms with Crippen molar-refractivity contribution >= 4 is 11.5 Å². The van der Waals surface area contributed by atoms with Crippen molar-refractivity contribution in [2.75, 3.05) is 18.6 Å². The van der Waals surface area contributed by atoms with Crippen LogP contribution in [-0.4, -0.2) is 39.0 Å². The lowest BCUT2D eigenvalue weighted by atomic mass is 10.1. The smallest absolute Gasteiger partial charge is 0.333 e. The number of aliphatic hydroxyl groups is 1. The van der Waals surface area contributed by atoms with E-state index >= 15 is 0 Å². The minimum absolute atomic E-state index is 0.0116. The van der Waals surface area contributed by atoms with Crippen LogP contribution in [0.15, 0.2) is 0 Å². The zero-order chi connectivity index (χ0) is 14.8. The van der Waals surface area contributed by atoms with Gasteiger partial charge in [0.1, 0.15) is 5.69 Å². The number of likely N-dealkylation sites (N-methyl/N-ethyl adjacent to an activating group) is 1. The SMILES string of the molecule is CCCn1nc(C)c([N+](=O)[O-])c1N(C)C(C)(C)CO. The van der Waals surface area contributed by atoms with Gasteiger partial charge in [0.15, 0.2) is 0 Å². The standard InChI is InChI=1S/C12H22N4O3/c1-6-7-15-11(14(5)12(3,4)8-17)10(16(18)19)9(2)13-15/h17H,6-8H2,1-5H3. The third-order valence-electron chi connectivity index (χ3n) is 3.30. The molecule has 0 bridgehead atoms. The molecule has 1 aromatic heterocycles. The molecular formula is C12H22N4O3. The Morgan fingerprint density at radius 2 is 2.11 bits per heavy atom. The largest absolute Gasteiger partial charge is 0.394 e. The first-order chi connectivity index (χ1) is 8.76. The van der Waals surface area contributed by atoms with Crippen LogP contribution in [0.2, 0.25) is 0 Å². The second-order valence-corrected chi connectivity index (χ2v) is 5.27. The molecular weight excluding hydrogens is 248 g/mol. The molecule has 1 aromatic rings. The van der Waals surface area contributed by atoms with E-state index in [0.717, 1.165) is 6.42 Å². The lowest BCUT2D eigenvalue weighted by Gasteiger charge is -2.35. The average molecular weight is 270 g/mol. The molecule has 0 amide bonds. The average Bonchev–Trinajstić information content (AvgIpc) is 2.65. The van der Waals surface area contributed by atoms with Gasteiger partial charge in [-0.15, -0.1) is 0 Å².